The van der Waals surface area contributed by atoms with E-state index in [0.717, 1.165) is 38.0 Å². The Morgan fingerprint density at radius 2 is 2.15 bits per heavy atom. The van der Waals surface area contributed by atoms with Crippen molar-refractivity contribution in [2.75, 3.05) is 11.4 Å². The lowest BCUT2D eigenvalue weighted by atomic mass is 9.96. The molecule has 0 saturated heterocycles. The summed E-state index contributed by atoms with van der Waals surface area (Å²) in [6.45, 7) is 1.60. The number of rotatable bonds is 1. The number of anilines is 1. The van der Waals surface area contributed by atoms with Crippen LogP contribution >= 0.6 is 0 Å². The summed E-state index contributed by atoms with van der Waals surface area (Å²) in [7, 11) is 0. The number of benzene rings is 1. The molecule has 0 bridgehead atoms. The van der Waals surface area contributed by atoms with Crippen LogP contribution in [0.1, 0.15) is 17.7 Å². The Labute approximate surface area is 118 Å². The zero-order valence-corrected chi connectivity index (χ0v) is 11.3. The van der Waals surface area contributed by atoms with Gasteiger partial charge < -0.3 is 9.47 Å². The van der Waals surface area contributed by atoms with Crippen molar-refractivity contribution in [3.63, 3.8) is 0 Å². The van der Waals surface area contributed by atoms with E-state index >= 15 is 0 Å². The molecule has 20 heavy (non-hydrogen) atoms. The van der Waals surface area contributed by atoms with E-state index in [1.54, 1.807) is 0 Å². The van der Waals surface area contributed by atoms with E-state index < -0.39 is 0 Å². The molecule has 1 aromatic carbocycles. The molecule has 2 aliphatic rings. The van der Waals surface area contributed by atoms with Crippen molar-refractivity contribution >= 4 is 11.6 Å². The average molecular weight is 267 g/mol. The Bertz CT molecular complexity index is 661. The lowest BCUT2D eigenvalue weighted by Crippen LogP contribution is -2.38. The maximum atomic E-state index is 12.8. The maximum absolute atomic E-state index is 12.8. The van der Waals surface area contributed by atoms with Crippen molar-refractivity contribution in [2.24, 2.45) is 5.92 Å². The lowest BCUT2D eigenvalue weighted by Gasteiger charge is -2.27. The molecule has 0 spiro atoms. The summed E-state index contributed by atoms with van der Waals surface area (Å²) in [5, 5.41) is 0. The molecule has 4 nitrogen and oxygen atoms in total. The lowest BCUT2D eigenvalue weighted by molar-refractivity contribution is -0.123. The third-order valence-electron chi connectivity index (χ3n) is 4.47. The normalized spacial score (nSPS) is 20.6. The van der Waals surface area contributed by atoms with Crippen LogP contribution in [0.3, 0.4) is 0 Å². The third-order valence-corrected chi connectivity index (χ3v) is 4.47. The molecule has 3 heterocycles. The highest BCUT2D eigenvalue weighted by Gasteiger charge is 2.32. The standard InChI is InChI=1S/C16H17N3O/c20-16(13-5-6-14-9-17-11-18(14)10-13)19-8-7-12-3-1-2-4-15(12)19/h1-4,9,11,13H,5-8,10H2. The molecule has 2 aromatic rings. The number of hydrogen-bond acceptors (Lipinski definition) is 2. The van der Waals surface area contributed by atoms with E-state index in [1.165, 1.54) is 11.3 Å². The molecule has 0 saturated carbocycles. The second kappa shape index (κ2) is 4.47. The molecule has 0 radical (unpaired) electrons. The molecule has 1 aromatic heterocycles. The van der Waals surface area contributed by atoms with E-state index in [0.29, 0.717) is 0 Å². The van der Waals surface area contributed by atoms with E-state index in [2.05, 4.69) is 21.7 Å². The molecule has 4 rings (SSSR count). The van der Waals surface area contributed by atoms with Crippen molar-refractivity contribution < 1.29 is 4.79 Å². The van der Waals surface area contributed by atoms with E-state index in [9.17, 15) is 4.79 Å². The molecule has 0 fully saturated rings. The number of aromatic nitrogens is 2. The number of nitrogens with zero attached hydrogens (tertiary/aromatic N) is 3. The first-order valence-corrected chi connectivity index (χ1v) is 7.21. The first kappa shape index (κ1) is 11.7. The van der Waals surface area contributed by atoms with Crippen LogP contribution in [0.4, 0.5) is 5.69 Å². The molecule has 1 unspecified atom stereocenters. The number of fused-ring (bicyclic) bond motifs is 2. The Hall–Kier alpha value is -2.10. The van der Waals surface area contributed by atoms with Crippen molar-refractivity contribution in [3.05, 3.63) is 48.0 Å². The zero-order valence-electron chi connectivity index (χ0n) is 11.3. The molecule has 0 aliphatic carbocycles. The summed E-state index contributed by atoms with van der Waals surface area (Å²) in [6, 6.07) is 8.24. The Balaban J connectivity index is 1.58. The van der Waals surface area contributed by atoms with Gasteiger partial charge in [-0.3, -0.25) is 4.79 Å². The summed E-state index contributed by atoms with van der Waals surface area (Å²) in [5.74, 6) is 0.358. The van der Waals surface area contributed by atoms with Crippen LogP contribution in [0, 0.1) is 5.92 Å². The fourth-order valence-corrected chi connectivity index (χ4v) is 3.36. The van der Waals surface area contributed by atoms with Crippen LogP contribution < -0.4 is 4.90 Å². The van der Waals surface area contributed by atoms with Gasteiger partial charge in [0.05, 0.1) is 12.2 Å². The molecule has 1 atom stereocenters. The van der Waals surface area contributed by atoms with Crippen LogP contribution in [0.5, 0.6) is 0 Å². The minimum atomic E-state index is 0.0860. The highest BCUT2D eigenvalue weighted by Crippen LogP contribution is 2.31. The second-order valence-corrected chi connectivity index (χ2v) is 5.64. The fraction of sp³-hybridized carbons (Fsp3) is 0.375. The third kappa shape index (κ3) is 1.75. The van der Waals surface area contributed by atoms with Gasteiger partial charge in [0.25, 0.3) is 0 Å². The van der Waals surface area contributed by atoms with Gasteiger partial charge >= 0.3 is 0 Å². The van der Waals surface area contributed by atoms with Crippen LogP contribution in [0.25, 0.3) is 0 Å². The monoisotopic (exact) mass is 267 g/mol. The average Bonchev–Trinajstić information content (AvgIpc) is 3.12. The molecular weight excluding hydrogens is 250 g/mol. The topological polar surface area (TPSA) is 38.1 Å². The van der Waals surface area contributed by atoms with E-state index in [1.807, 2.05) is 29.6 Å². The van der Waals surface area contributed by atoms with Crippen molar-refractivity contribution in [1.29, 1.82) is 0 Å². The smallest absolute Gasteiger partial charge is 0.231 e. The number of amides is 1. The van der Waals surface area contributed by atoms with Gasteiger partial charge in [-0.25, -0.2) is 4.98 Å². The van der Waals surface area contributed by atoms with Crippen molar-refractivity contribution in [1.82, 2.24) is 9.55 Å². The Morgan fingerprint density at radius 1 is 1.25 bits per heavy atom. The van der Waals surface area contributed by atoms with Gasteiger partial charge in [0.1, 0.15) is 0 Å². The first-order valence-electron chi connectivity index (χ1n) is 7.21. The molecule has 102 valence electrons. The van der Waals surface area contributed by atoms with Gasteiger partial charge in [-0.1, -0.05) is 18.2 Å². The minimum absolute atomic E-state index is 0.0860. The second-order valence-electron chi connectivity index (χ2n) is 5.64. The van der Waals surface area contributed by atoms with Gasteiger partial charge in [-0.15, -0.1) is 0 Å². The quantitative estimate of drug-likeness (QED) is 0.793. The van der Waals surface area contributed by atoms with Crippen molar-refractivity contribution in [3.8, 4) is 0 Å². The minimum Gasteiger partial charge on any atom is -0.334 e. The molecule has 4 heteroatoms. The molecule has 1 amide bonds. The zero-order chi connectivity index (χ0) is 13.5. The number of aryl methyl sites for hydroxylation is 1. The van der Waals surface area contributed by atoms with Crippen LogP contribution in [-0.2, 0) is 24.2 Å². The van der Waals surface area contributed by atoms with Gasteiger partial charge in [-0.2, -0.15) is 0 Å². The van der Waals surface area contributed by atoms with Gasteiger partial charge in [0, 0.05) is 30.7 Å². The molecular formula is C16H17N3O. The highest BCUT2D eigenvalue weighted by molar-refractivity contribution is 5.97. The number of hydrogen-bond donors (Lipinski definition) is 0. The molecule has 2 aliphatic heterocycles. The van der Waals surface area contributed by atoms with Crippen LogP contribution in [-0.4, -0.2) is 22.0 Å². The van der Waals surface area contributed by atoms with Crippen LogP contribution in [0.15, 0.2) is 36.8 Å². The maximum Gasteiger partial charge on any atom is 0.231 e. The van der Waals surface area contributed by atoms with Crippen LogP contribution in [0.2, 0.25) is 0 Å². The summed E-state index contributed by atoms with van der Waals surface area (Å²) in [5.41, 5.74) is 3.64. The Morgan fingerprint density at radius 3 is 3.10 bits per heavy atom. The van der Waals surface area contributed by atoms with Crippen molar-refractivity contribution in [2.45, 2.75) is 25.8 Å². The van der Waals surface area contributed by atoms with E-state index in [4.69, 9.17) is 0 Å². The SMILES string of the molecule is O=C(C1CCc2cncn2C1)N1CCc2ccccc21. The predicted octanol–water partition coefficient (Wildman–Crippen LogP) is 2.03. The molecule has 0 N–H and O–H groups in total. The van der Waals surface area contributed by atoms with Gasteiger partial charge in [0.15, 0.2) is 0 Å². The number of para-hydroxylation sites is 1. The summed E-state index contributed by atoms with van der Waals surface area (Å²) in [6.07, 6.45) is 6.61. The number of imidazole rings is 1. The van der Waals surface area contributed by atoms with Gasteiger partial charge in [-0.05, 0) is 30.9 Å². The number of carbonyl (C=O) groups excluding carboxylic acids is 1. The largest absolute Gasteiger partial charge is 0.334 e. The number of carbonyl (C=O) groups is 1. The fourth-order valence-electron chi connectivity index (χ4n) is 3.36. The summed E-state index contributed by atoms with van der Waals surface area (Å²) >= 11 is 0. The summed E-state index contributed by atoms with van der Waals surface area (Å²) in [4.78, 5) is 18.9. The van der Waals surface area contributed by atoms with E-state index in [-0.39, 0.29) is 11.8 Å². The summed E-state index contributed by atoms with van der Waals surface area (Å²) < 4.78 is 2.12. The highest BCUT2D eigenvalue weighted by atomic mass is 16.2. The Kier molecular flexibility index (Phi) is 2.62. The van der Waals surface area contributed by atoms with Gasteiger partial charge in [0.2, 0.25) is 5.91 Å². The predicted molar refractivity (Wildman–Crippen MR) is 76.5 cm³/mol. The first-order chi connectivity index (χ1) is 9.83.